The Morgan fingerprint density at radius 2 is 2.00 bits per heavy atom. The smallest absolute Gasteiger partial charge is 0.145 e. The van der Waals surface area contributed by atoms with E-state index in [1.165, 1.54) is 12.1 Å². The number of ether oxygens (including phenoxy) is 1. The highest BCUT2D eigenvalue weighted by Crippen LogP contribution is 2.29. The fourth-order valence-electron chi connectivity index (χ4n) is 1.45. The summed E-state index contributed by atoms with van der Waals surface area (Å²) >= 11 is 3.08. The Morgan fingerprint density at radius 1 is 1.35 bits per heavy atom. The average Bonchev–Trinajstić information content (AvgIpc) is 2.18. The number of hydrogen-bond acceptors (Lipinski definition) is 2. The predicted octanol–water partition coefficient (Wildman–Crippen LogP) is 4.38. The molecule has 1 aromatic carbocycles. The van der Waals surface area contributed by atoms with Crippen LogP contribution in [0.15, 0.2) is 16.6 Å². The number of anilines is 1. The van der Waals surface area contributed by atoms with Gasteiger partial charge in [0.25, 0.3) is 0 Å². The second-order valence-electron chi connectivity index (χ2n) is 5.32. The van der Waals surface area contributed by atoms with Crippen LogP contribution in [0.3, 0.4) is 0 Å². The van der Waals surface area contributed by atoms with Crippen LogP contribution in [0.1, 0.15) is 33.6 Å². The standard InChI is InChI=1S/C13H19BrFNO/c1-13(2,3)5-4-6-17-12-8-10(15)9(14)7-11(12)16/h7-8H,4-6,16H2,1-3H3. The molecule has 2 N–H and O–H groups in total. The van der Waals surface area contributed by atoms with Crippen LogP contribution in [-0.2, 0) is 0 Å². The average molecular weight is 304 g/mol. The highest BCUT2D eigenvalue weighted by Gasteiger charge is 2.10. The van der Waals surface area contributed by atoms with Crippen molar-refractivity contribution in [2.75, 3.05) is 12.3 Å². The van der Waals surface area contributed by atoms with E-state index in [4.69, 9.17) is 10.5 Å². The van der Waals surface area contributed by atoms with Crippen molar-refractivity contribution in [2.45, 2.75) is 33.6 Å². The first-order valence-corrected chi connectivity index (χ1v) is 6.46. The molecule has 2 nitrogen and oxygen atoms in total. The van der Waals surface area contributed by atoms with Crippen molar-refractivity contribution in [1.82, 2.24) is 0 Å². The molecule has 0 aliphatic rings. The molecule has 0 fully saturated rings. The minimum absolute atomic E-state index is 0.292. The van der Waals surface area contributed by atoms with E-state index in [0.29, 0.717) is 27.9 Å². The Morgan fingerprint density at radius 3 is 2.59 bits per heavy atom. The van der Waals surface area contributed by atoms with Crippen molar-refractivity contribution in [3.05, 3.63) is 22.4 Å². The predicted molar refractivity (Wildman–Crippen MR) is 72.7 cm³/mol. The van der Waals surface area contributed by atoms with E-state index in [2.05, 4.69) is 36.7 Å². The van der Waals surface area contributed by atoms with Gasteiger partial charge in [0, 0.05) is 6.07 Å². The molecule has 4 heteroatoms. The van der Waals surface area contributed by atoms with E-state index in [-0.39, 0.29) is 5.82 Å². The maximum Gasteiger partial charge on any atom is 0.145 e. The lowest BCUT2D eigenvalue weighted by atomic mass is 9.91. The zero-order valence-electron chi connectivity index (χ0n) is 10.5. The third-order valence-corrected chi connectivity index (χ3v) is 2.99. The zero-order chi connectivity index (χ0) is 13.1. The van der Waals surface area contributed by atoms with Crippen LogP contribution in [0.25, 0.3) is 0 Å². The van der Waals surface area contributed by atoms with E-state index in [9.17, 15) is 4.39 Å². The quantitative estimate of drug-likeness (QED) is 0.662. The van der Waals surface area contributed by atoms with Crippen molar-refractivity contribution in [3.63, 3.8) is 0 Å². The molecule has 0 amide bonds. The second-order valence-corrected chi connectivity index (χ2v) is 6.17. The fraction of sp³-hybridized carbons (Fsp3) is 0.538. The summed E-state index contributed by atoms with van der Waals surface area (Å²) in [6.07, 6.45) is 1.99. The van der Waals surface area contributed by atoms with Gasteiger partial charge < -0.3 is 10.5 Å². The van der Waals surface area contributed by atoms with Crippen molar-refractivity contribution in [2.24, 2.45) is 5.41 Å². The minimum atomic E-state index is -0.356. The summed E-state index contributed by atoms with van der Waals surface area (Å²) in [7, 11) is 0. The van der Waals surface area contributed by atoms with Crippen LogP contribution in [0.2, 0.25) is 0 Å². The SMILES string of the molecule is CC(C)(C)CCCOc1cc(F)c(Br)cc1N. The molecule has 0 bridgehead atoms. The van der Waals surface area contributed by atoms with Crippen molar-refractivity contribution < 1.29 is 9.13 Å². The maximum atomic E-state index is 13.3. The van der Waals surface area contributed by atoms with Gasteiger partial charge in [-0.2, -0.15) is 0 Å². The topological polar surface area (TPSA) is 35.2 Å². The third kappa shape index (κ3) is 4.94. The van der Waals surface area contributed by atoms with E-state index in [0.717, 1.165) is 12.8 Å². The van der Waals surface area contributed by atoms with Crippen LogP contribution in [0, 0.1) is 11.2 Å². The summed E-state index contributed by atoms with van der Waals surface area (Å²) in [6, 6.07) is 2.84. The Hall–Kier alpha value is -0.770. The summed E-state index contributed by atoms with van der Waals surface area (Å²) in [5, 5.41) is 0. The molecule has 0 spiro atoms. The normalized spacial score (nSPS) is 11.6. The van der Waals surface area contributed by atoms with Crippen molar-refractivity contribution >= 4 is 21.6 Å². The number of nitrogen functional groups attached to an aromatic ring is 1. The Balaban J connectivity index is 2.50. The summed E-state index contributed by atoms with van der Waals surface area (Å²) in [4.78, 5) is 0. The Bertz CT molecular complexity index is 388. The first kappa shape index (κ1) is 14.3. The fourth-order valence-corrected chi connectivity index (χ4v) is 1.81. The largest absolute Gasteiger partial charge is 0.491 e. The van der Waals surface area contributed by atoms with Crippen LogP contribution in [0.4, 0.5) is 10.1 Å². The number of nitrogens with two attached hydrogens (primary N) is 1. The summed E-state index contributed by atoms with van der Waals surface area (Å²) in [5.41, 5.74) is 6.48. The highest BCUT2D eigenvalue weighted by molar-refractivity contribution is 9.10. The number of benzene rings is 1. The Kier molecular flexibility index (Phi) is 4.80. The summed E-state index contributed by atoms with van der Waals surface area (Å²) < 4.78 is 19.1. The molecule has 1 rings (SSSR count). The van der Waals surface area contributed by atoms with E-state index < -0.39 is 0 Å². The molecule has 0 saturated carbocycles. The van der Waals surface area contributed by atoms with Crippen molar-refractivity contribution in [1.29, 1.82) is 0 Å². The van der Waals surface area contributed by atoms with Gasteiger partial charge in [-0.3, -0.25) is 0 Å². The molecule has 0 unspecified atom stereocenters. The van der Waals surface area contributed by atoms with Crippen LogP contribution in [-0.4, -0.2) is 6.61 Å². The monoisotopic (exact) mass is 303 g/mol. The van der Waals surface area contributed by atoms with Gasteiger partial charge in [-0.25, -0.2) is 4.39 Å². The minimum Gasteiger partial charge on any atom is -0.491 e. The van der Waals surface area contributed by atoms with E-state index in [1.54, 1.807) is 0 Å². The molecule has 0 aliphatic carbocycles. The lowest BCUT2D eigenvalue weighted by Crippen LogP contribution is -2.08. The molecule has 1 aromatic rings. The number of halogens is 2. The molecule has 96 valence electrons. The third-order valence-electron chi connectivity index (χ3n) is 2.38. The first-order chi connectivity index (χ1) is 7.79. The van der Waals surface area contributed by atoms with Gasteiger partial charge in [-0.05, 0) is 40.3 Å². The maximum absolute atomic E-state index is 13.3. The second kappa shape index (κ2) is 5.71. The number of rotatable bonds is 4. The van der Waals surface area contributed by atoms with Crippen LogP contribution >= 0.6 is 15.9 Å². The molecular formula is C13H19BrFNO. The van der Waals surface area contributed by atoms with Crippen molar-refractivity contribution in [3.8, 4) is 5.75 Å². The lowest BCUT2D eigenvalue weighted by Gasteiger charge is -2.18. The molecule has 0 atom stereocenters. The molecular weight excluding hydrogens is 285 g/mol. The molecule has 0 saturated heterocycles. The van der Waals surface area contributed by atoms with Crippen LogP contribution < -0.4 is 10.5 Å². The van der Waals surface area contributed by atoms with Gasteiger partial charge in [0.2, 0.25) is 0 Å². The lowest BCUT2D eigenvalue weighted by molar-refractivity contribution is 0.269. The van der Waals surface area contributed by atoms with Gasteiger partial charge in [-0.15, -0.1) is 0 Å². The van der Waals surface area contributed by atoms with Crippen LogP contribution in [0.5, 0.6) is 5.75 Å². The molecule has 0 radical (unpaired) electrons. The Labute approximate surface area is 110 Å². The zero-order valence-corrected chi connectivity index (χ0v) is 12.1. The van der Waals surface area contributed by atoms with Gasteiger partial charge in [0.05, 0.1) is 16.8 Å². The molecule has 0 aromatic heterocycles. The van der Waals surface area contributed by atoms with E-state index >= 15 is 0 Å². The highest BCUT2D eigenvalue weighted by atomic mass is 79.9. The van der Waals surface area contributed by atoms with Gasteiger partial charge in [0.15, 0.2) is 0 Å². The molecule has 0 heterocycles. The molecule has 17 heavy (non-hydrogen) atoms. The first-order valence-electron chi connectivity index (χ1n) is 5.67. The van der Waals surface area contributed by atoms with Gasteiger partial charge in [0.1, 0.15) is 11.6 Å². The van der Waals surface area contributed by atoms with Gasteiger partial charge >= 0.3 is 0 Å². The molecule has 0 aliphatic heterocycles. The number of hydrogen-bond donors (Lipinski definition) is 1. The van der Waals surface area contributed by atoms with Gasteiger partial charge in [-0.1, -0.05) is 20.8 Å². The summed E-state index contributed by atoms with van der Waals surface area (Å²) in [6.45, 7) is 7.10. The summed E-state index contributed by atoms with van der Waals surface area (Å²) in [5.74, 6) is 0.0598. The van der Waals surface area contributed by atoms with E-state index in [1.807, 2.05) is 0 Å².